The molecule has 0 unspecified atom stereocenters. The second-order valence-corrected chi connectivity index (χ2v) is 12.5. The number of imidazole rings is 1. The first-order valence-electron chi connectivity index (χ1n) is 15.8. The van der Waals surface area contributed by atoms with E-state index >= 15 is 0 Å². The van der Waals surface area contributed by atoms with E-state index in [-0.39, 0.29) is 0 Å². The van der Waals surface area contributed by atoms with Crippen LogP contribution in [0, 0.1) is 15.9 Å². The molecule has 0 radical (unpaired) electrons. The molecule has 0 aliphatic carbocycles. The maximum atomic E-state index is 4.66. The second kappa shape index (κ2) is 12.9. The van der Waals surface area contributed by atoms with Gasteiger partial charge in [-0.15, -0.1) is 0 Å². The molecule has 0 atom stereocenters. The van der Waals surface area contributed by atoms with Gasteiger partial charge in [-0.2, -0.15) is 0 Å². The molecule has 0 saturated heterocycles. The van der Waals surface area contributed by atoms with E-state index in [4.69, 9.17) is 0 Å². The van der Waals surface area contributed by atoms with E-state index in [9.17, 15) is 0 Å². The monoisotopic (exact) mass is 797 g/mol. The van der Waals surface area contributed by atoms with E-state index in [1.54, 1.807) is 0 Å². The first-order valence-corrected chi connectivity index (χ1v) is 16.9. The molecule has 0 amide bonds. The van der Waals surface area contributed by atoms with Gasteiger partial charge in [-0.3, -0.25) is 0 Å². The minimum absolute atomic E-state index is 0.873. The van der Waals surface area contributed by atoms with Crippen molar-refractivity contribution in [3.8, 4) is 39.2 Å². The minimum atomic E-state index is 0.873. The Morgan fingerprint density at radius 1 is 0.562 bits per heavy atom. The molecule has 0 fully saturated rings. The van der Waals surface area contributed by atoms with Gasteiger partial charge in [0.2, 0.25) is 0 Å². The Morgan fingerprint density at radius 3 is 1.81 bits per heavy atom. The predicted molar refractivity (Wildman–Crippen MR) is 192 cm³/mol. The molecule has 0 saturated carbocycles. The maximum absolute atomic E-state index is 4.66. The summed E-state index contributed by atoms with van der Waals surface area (Å²) in [6.07, 6.45) is 1.83. The first kappa shape index (κ1) is 29.8. The average Bonchev–Trinajstić information content (AvgIpc) is 3.42. The summed E-state index contributed by atoms with van der Waals surface area (Å²) in [7, 11) is 2.11. The number of hydrogen-bond donors (Lipinski definition) is 0. The van der Waals surface area contributed by atoms with Crippen LogP contribution in [0.15, 0.2) is 164 Å². The zero-order valence-electron chi connectivity index (χ0n) is 26.2. The number of fused-ring (bicyclic) bond motifs is 1. The van der Waals surface area contributed by atoms with Crippen molar-refractivity contribution >= 4 is 28.1 Å². The average molecular weight is 798 g/mol. The molecular formula is C43H30N4Pt-2. The van der Waals surface area contributed by atoms with Crippen LogP contribution in [0.2, 0.25) is 0 Å². The quantitative estimate of drug-likeness (QED) is 0.150. The second-order valence-electron chi connectivity index (χ2n) is 11.5. The van der Waals surface area contributed by atoms with Crippen LogP contribution < -0.4 is 4.90 Å². The number of benzene rings is 6. The molecule has 5 heteroatoms. The van der Waals surface area contributed by atoms with Crippen LogP contribution in [0.25, 0.3) is 50.2 Å². The fraction of sp³-hybridized carbons (Fsp3) is 0.0233. The number of aromatic nitrogens is 3. The van der Waals surface area contributed by atoms with Crippen molar-refractivity contribution < 1.29 is 19.4 Å². The Labute approximate surface area is 291 Å². The zero-order chi connectivity index (χ0) is 32.5. The van der Waals surface area contributed by atoms with Crippen molar-refractivity contribution in [3.63, 3.8) is 0 Å². The third kappa shape index (κ3) is 5.45. The molecule has 4 nitrogen and oxygen atoms in total. The summed E-state index contributed by atoms with van der Waals surface area (Å²) in [4.78, 5) is 6.96. The van der Waals surface area contributed by atoms with Gasteiger partial charge in [0, 0.05) is 0 Å². The summed E-state index contributed by atoms with van der Waals surface area (Å²) in [5.41, 5.74) is 12.4. The van der Waals surface area contributed by atoms with Gasteiger partial charge >= 0.3 is 287 Å². The van der Waals surface area contributed by atoms with E-state index in [1.165, 1.54) is 0 Å². The Bertz CT molecular complexity index is 2370. The number of rotatable bonds is 7. The van der Waals surface area contributed by atoms with Crippen molar-refractivity contribution in [1.82, 2.24) is 14.1 Å². The van der Waals surface area contributed by atoms with Crippen LogP contribution in [0.4, 0.5) is 17.1 Å². The summed E-state index contributed by atoms with van der Waals surface area (Å²) in [5, 5.41) is 0. The van der Waals surface area contributed by atoms with Gasteiger partial charge < -0.3 is 0 Å². The summed E-state index contributed by atoms with van der Waals surface area (Å²) in [5.74, 6) is 0. The third-order valence-electron chi connectivity index (χ3n) is 8.55. The summed E-state index contributed by atoms with van der Waals surface area (Å²) in [6.45, 7) is 0. The van der Waals surface area contributed by atoms with Gasteiger partial charge in [-0.05, 0) is 6.07 Å². The summed E-state index contributed by atoms with van der Waals surface area (Å²) < 4.78 is 5.58. The van der Waals surface area contributed by atoms with Crippen LogP contribution in [-0.2, 0) is 26.4 Å². The number of para-hydroxylation sites is 3. The van der Waals surface area contributed by atoms with Crippen LogP contribution in [-0.4, -0.2) is 14.1 Å². The van der Waals surface area contributed by atoms with Crippen molar-refractivity contribution in [2.75, 3.05) is 4.90 Å². The molecule has 0 spiro atoms. The third-order valence-corrected chi connectivity index (χ3v) is 9.82. The zero-order valence-corrected chi connectivity index (χ0v) is 28.5. The molecule has 2 aromatic heterocycles. The molecule has 8 aromatic rings. The van der Waals surface area contributed by atoms with E-state index in [0.717, 1.165) is 71.1 Å². The number of pyridine rings is 1. The van der Waals surface area contributed by atoms with Crippen LogP contribution >= 0.6 is 0 Å². The van der Waals surface area contributed by atoms with Crippen LogP contribution in [0.3, 0.4) is 0 Å². The van der Waals surface area contributed by atoms with Gasteiger partial charge in [0.05, 0.1) is 0 Å². The molecule has 0 bridgehead atoms. The van der Waals surface area contributed by atoms with Gasteiger partial charge in [0.25, 0.3) is 0 Å². The van der Waals surface area contributed by atoms with Gasteiger partial charge in [-0.25, -0.2) is 0 Å². The molecule has 0 aliphatic rings. The Kier molecular flexibility index (Phi) is 8.02. The Balaban J connectivity index is 1.43. The molecule has 8 rings (SSSR count). The molecule has 0 N–H and O–H groups in total. The fourth-order valence-corrected chi connectivity index (χ4v) is 7.13. The van der Waals surface area contributed by atoms with Gasteiger partial charge in [0.1, 0.15) is 0 Å². The number of aryl methyl sites for hydroxylation is 1. The topological polar surface area (TPSA) is 26.0 Å². The number of anilines is 3. The summed E-state index contributed by atoms with van der Waals surface area (Å²) >= 11 is 2.41. The van der Waals surface area contributed by atoms with E-state index in [1.807, 2.05) is 24.4 Å². The SMILES string of the molecule is Cn1[c](=[Pt])n(-c2[c-]c(N(c3[c-]c(-c4ccccn4)ccc3)c3c(-c4ccccc4)cccc3-c3ccccc3)ccc2)c2ccccc21. The van der Waals surface area contributed by atoms with Crippen LogP contribution in [0.5, 0.6) is 0 Å². The van der Waals surface area contributed by atoms with Crippen molar-refractivity contribution in [2.45, 2.75) is 0 Å². The standard InChI is InChI=1S/C43H30N4.Pt/c1-45-31-46(42-27-9-8-26-41(42)45)35-20-13-22-37(30-35)47(36-21-12-19-34(29-36)40-25-10-11-28-44-40)43-38(32-15-4-2-5-16-32)23-14-24-39(43)33-17-6-3-7-18-33;/h2-28H,1H3;/q-2;. The predicted octanol–water partition coefficient (Wildman–Crippen LogP) is 10.5. The Morgan fingerprint density at radius 2 is 1.15 bits per heavy atom. The normalized spacial score (nSPS) is 11.1. The fourth-order valence-electron chi connectivity index (χ4n) is 6.31. The number of nitrogens with zero attached hydrogens (tertiary/aromatic N) is 4. The van der Waals surface area contributed by atoms with Gasteiger partial charge in [-0.1, -0.05) is 0 Å². The Hall–Kier alpha value is -5.57. The van der Waals surface area contributed by atoms with E-state index in [2.05, 4.69) is 197 Å². The van der Waals surface area contributed by atoms with Crippen molar-refractivity contribution in [3.05, 3.63) is 180 Å². The van der Waals surface area contributed by atoms with Crippen molar-refractivity contribution in [2.24, 2.45) is 7.05 Å². The first-order chi connectivity index (χ1) is 23.7. The molecule has 2 heterocycles. The van der Waals surface area contributed by atoms with E-state index in [0.29, 0.717) is 0 Å². The molecule has 6 aromatic carbocycles. The van der Waals surface area contributed by atoms with Gasteiger partial charge in [0.15, 0.2) is 0 Å². The van der Waals surface area contributed by atoms with E-state index < -0.39 is 0 Å². The molecule has 0 aliphatic heterocycles. The molecule has 48 heavy (non-hydrogen) atoms. The van der Waals surface area contributed by atoms with Crippen molar-refractivity contribution in [1.29, 1.82) is 0 Å². The summed E-state index contributed by atoms with van der Waals surface area (Å²) in [6, 6.07) is 62.5. The molecule has 234 valence electrons. The number of hydrogen-bond acceptors (Lipinski definition) is 2. The van der Waals surface area contributed by atoms with Crippen LogP contribution in [0.1, 0.15) is 0 Å². The molecular weight excluding hydrogens is 768 g/mol.